The minimum absolute atomic E-state index is 0.286. The van der Waals surface area contributed by atoms with Crippen LogP contribution in [0.3, 0.4) is 0 Å². The van der Waals surface area contributed by atoms with Crippen LogP contribution in [0.25, 0.3) is 0 Å². The van der Waals surface area contributed by atoms with Gasteiger partial charge in [0.25, 0.3) is 0 Å². The van der Waals surface area contributed by atoms with Gasteiger partial charge < -0.3 is 14.2 Å². The summed E-state index contributed by atoms with van der Waals surface area (Å²) in [6, 6.07) is 0. The van der Waals surface area contributed by atoms with Crippen LogP contribution in [0.4, 0.5) is 0 Å². The van der Waals surface area contributed by atoms with Crippen molar-refractivity contribution in [2.45, 2.75) is 111 Å². The average Bonchev–Trinajstić information content (AvgIpc) is 2.59. The normalized spacial score (nSPS) is 11.8. The van der Waals surface area contributed by atoms with E-state index in [4.69, 9.17) is 14.2 Å². The van der Waals surface area contributed by atoms with E-state index in [2.05, 4.69) is 13.8 Å². The van der Waals surface area contributed by atoms with Gasteiger partial charge in [0.05, 0.1) is 32.5 Å². The van der Waals surface area contributed by atoms with Crippen molar-refractivity contribution < 1.29 is 14.2 Å². The second-order valence-electron chi connectivity index (χ2n) is 8.22. The van der Waals surface area contributed by atoms with Gasteiger partial charge in [0.1, 0.15) is 0 Å². The fourth-order valence-electron chi connectivity index (χ4n) is 3.01. The number of unbranched alkanes of at least 4 members (excludes halogenated alkanes) is 10. The molecule has 3 heteroatoms. The minimum atomic E-state index is 0.286. The largest absolute Gasteiger partial charge is 0.379 e. The van der Waals surface area contributed by atoms with Crippen molar-refractivity contribution in [3.8, 4) is 0 Å². The third-order valence-corrected chi connectivity index (χ3v) is 4.62. The number of ether oxygens (including phenoxy) is 3. The molecule has 0 amide bonds. The fourth-order valence-corrected chi connectivity index (χ4v) is 3.01. The lowest BCUT2D eigenvalue weighted by Gasteiger charge is -2.08. The van der Waals surface area contributed by atoms with Gasteiger partial charge in [-0.1, -0.05) is 84.5 Å². The van der Waals surface area contributed by atoms with Crippen LogP contribution < -0.4 is 0 Å². The predicted molar refractivity (Wildman–Crippen MR) is 113 cm³/mol. The van der Waals surface area contributed by atoms with Crippen molar-refractivity contribution in [2.24, 2.45) is 5.92 Å². The summed E-state index contributed by atoms with van der Waals surface area (Å²) < 4.78 is 16.5. The SMILES string of the molecule is CC(C)CCCCCCCCCCCCCOCCOCCOC(C)C. The third-order valence-electron chi connectivity index (χ3n) is 4.62. The maximum Gasteiger partial charge on any atom is 0.0703 e. The molecule has 0 unspecified atom stereocenters. The maximum atomic E-state index is 5.60. The molecule has 0 aliphatic rings. The first-order chi connectivity index (χ1) is 12.6. The van der Waals surface area contributed by atoms with Crippen LogP contribution in [0.5, 0.6) is 0 Å². The van der Waals surface area contributed by atoms with Crippen molar-refractivity contribution in [2.75, 3.05) is 33.0 Å². The van der Waals surface area contributed by atoms with Gasteiger partial charge in [-0.15, -0.1) is 0 Å². The number of rotatable bonds is 21. The average molecular weight is 373 g/mol. The molecule has 158 valence electrons. The van der Waals surface area contributed by atoms with Crippen LogP contribution in [-0.2, 0) is 14.2 Å². The molecule has 0 aromatic rings. The first-order valence-corrected chi connectivity index (χ1v) is 11.4. The number of hydrogen-bond donors (Lipinski definition) is 0. The third kappa shape index (κ3) is 23.9. The van der Waals surface area contributed by atoms with Crippen molar-refractivity contribution in [3.63, 3.8) is 0 Å². The summed E-state index contributed by atoms with van der Waals surface area (Å²) in [5, 5.41) is 0. The molecule has 0 rings (SSSR count). The van der Waals surface area contributed by atoms with Crippen molar-refractivity contribution in [1.82, 2.24) is 0 Å². The first-order valence-electron chi connectivity index (χ1n) is 11.4. The van der Waals surface area contributed by atoms with E-state index in [1.54, 1.807) is 0 Å². The summed E-state index contributed by atoms with van der Waals surface area (Å²) in [7, 11) is 0. The molecule has 0 atom stereocenters. The van der Waals surface area contributed by atoms with Crippen molar-refractivity contribution >= 4 is 0 Å². The highest BCUT2D eigenvalue weighted by Gasteiger charge is 1.96. The molecule has 3 nitrogen and oxygen atoms in total. The van der Waals surface area contributed by atoms with Crippen molar-refractivity contribution in [1.29, 1.82) is 0 Å². The monoisotopic (exact) mass is 372 g/mol. The second-order valence-corrected chi connectivity index (χ2v) is 8.22. The van der Waals surface area contributed by atoms with Gasteiger partial charge in [0.15, 0.2) is 0 Å². The second kappa shape index (κ2) is 21.2. The Morgan fingerprint density at radius 2 is 0.885 bits per heavy atom. The van der Waals surface area contributed by atoms with E-state index in [9.17, 15) is 0 Å². The van der Waals surface area contributed by atoms with Crippen LogP contribution >= 0.6 is 0 Å². The Morgan fingerprint density at radius 1 is 0.462 bits per heavy atom. The maximum absolute atomic E-state index is 5.60. The molecule has 0 spiro atoms. The molecular formula is C23H48O3. The van der Waals surface area contributed by atoms with E-state index in [0.717, 1.165) is 12.5 Å². The zero-order valence-corrected chi connectivity index (χ0v) is 18.4. The van der Waals surface area contributed by atoms with E-state index in [0.29, 0.717) is 26.4 Å². The van der Waals surface area contributed by atoms with Crippen LogP contribution in [0.1, 0.15) is 105 Å². The summed E-state index contributed by atoms with van der Waals surface area (Å²) in [6.45, 7) is 12.3. The van der Waals surface area contributed by atoms with Crippen LogP contribution in [0.15, 0.2) is 0 Å². The van der Waals surface area contributed by atoms with Crippen LogP contribution in [0.2, 0.25) is 0 Å². The molecule has 0 heterocycles. The molecule has 0 aliphatic heterocycles. The van der Waals surface area contributed by atoms with Gasteiger partial charge in [-0.3, -0.25) is 0 Å². The van der Waals surface area contributed by atoms with Crippen molar-refractivity contribution in [3.05, 3.63) is 0 Å². The summed E-state index contributed by atoms with van der Waals surface area (Å²) in [4.78, 5) is 0. The van der Waals surface area contributed by atoms with Gasteiger partial charge in [0, 0.05) is 6.61 Å². The molecule has 0 bridgehead atoms. The lowest BCUT2D eigenvalue weighted by molar-refractivity contribution is -0.00185. The van der Waals surface area contributed by atoms with Gasteiger partial charge in [0.2, 0.25) is 0 Å². The summed E-state index contributed by atoms with van der Waals surface area (Å²) in [5.74, 6) is 0.878. The summed E-state index contributed by atoms with van der Waals surface area (Å²) in [6.07, 6.45) is 17.0. The van der Waals surface area contributed by atoms with E-state index in [1.165, 1.54) is 77.0 Å². The minimum Gasteiger partial charge on any atom is -0.379 e. The quantitative estimate of drug-likeness (QED) is 0.208. The Labute approximate surface area is 164 Å². The van der Waals surface area contributed by atoms with Crippen LogP contribution in [-0.4, -0.2) is 39.1 Å². The topological polar surface area (TPSA) is 27.7 Å². The summed E-state index contributed by atoms with van der Waals surface area (Å²) in [5.41, 5.74) is 0. The zero-order valence-electron chi connectivity index (χ0n) is 18.4. The molecule has 0 aliphatic carbocycles. The molecule has 0 saturated heterocycles. The van der Waals surface area contributed by atoms with Gasteiger partial charge in [-0.2, -0.15) is 0 Å². The standard InChI is InChI=1S/C23H48O3/c1-22(2)16-14-12-10-8-6-5-7-9-11-13-15-17-24-18-19-25-20-21-26-23(3)4/h22-23H,5-21H2,1-4H3. The lowest BCUT2D eigenvalue weighted by Crippen LogP contribution is -2.12. The molecule has 0 saturated carbocycles. The molecule has 0 aromatic carbocycles. The highest BCUT2D eigenvalue weighted by molar-refractivity contribution is 4.50. The van der Waals surface area contributed by atoms with E-state index in [1.807, 2.05) is 13.8 Å². The Kier molecular flexibility index (Phi) is 21.1. The Morgan fingerprint density at radius 3 is 1.38 bits per heavy atom. The smallest absolute Gasteiger partial charge is 0.0703 e. The lowest BCUT2D eigenvalue weighted by atomic mass is 10.0. The number of hydrogen-bond acceptors (Lipinski definition) is 3. The summed E-state index contributed by atoms with van der Waals surface area (Å²) >= 11 is 0. The zero-order chi connectivity index (χ0) is 19.3. The van der Waals surface area contributed by atoms with Gasteiger partial charge in [-0.25, -0.2) is 0 Å². The van der Waals surface area contributed by atoms with Gasteiger partial charge >= 0.3 is 0 Å². The van der Waals surface area contributed by atoms with E-state index in [-0.39, 0.29) is 6.10 Å². The Balaban J connectivity index is 2.99. The Hall–Kier alpha value is -0.120. The molecule has 0 fully saturated rings. The van der Waals surface area contributed by atoms with E-state index < -0.39 is 0 Å². The highest BCUT2D eigenvalue weighted by Crippen LogP contribution is 2.13. The van der Waals surface area contributed by atoms with Crippen LogP contribution in [0, 0.1) is 5.92 Å². The predicted octanol–water partition coefficient (Wildman–Crippen LogP) is 6.78. The van der Waals surface area contributed by atoms with E-state index >= 15 is 0 Å². The molecule has 0 aromatic heterocycles. The first kappa shape index (κ1) is 25.9. The molecule has 0 radical (unpaired) electrons. The molecule has 26 heavy (non-hydrogen) atoms. The Bertz CT molecular complexity index is 228. The molecule has 0 N–H and O–H groups in total. The molecular weight excluding hydrogens is 324 g/mol. The fraction of sp³-hybridized carbons (Fsp3) is 1.00. The highest BCUT2D eigenvalue weighted by atomic mass is 16.5. The van der Waals surface area contributed by atoms with Gasteiger partial charge in [-0.05, 0) is 26.2 Å².